The molecule has 1 aliphatic carbocycles. The minimum Gasteiger partial charge on any atom is -0.490 e. The van der Waals surface area contributed by atoms with Gasteiger partial charge in [0.1, 0.15) is 18.5 Å². The van der Waals surface area contributed by atoms with Gasteiger partial charge < -0.3 is 19.3 Å². The van der Waals surface area contributed by atoms with Gasteiger partial charge >= 0.3 is 0 Å². The van der Waals surface area contributed by atoms with Gasteiger partial charge in [-0.15, -0.1) is 0 Å². The maximum absolute atomic E-state index is 10.9. The number of β-amino-alcohol motifs (C(OH)–C–C–N with tert-alkyl or cyclic N) is 1. The first-order valence-corrected chi connectivity index (χ1v) is 14.4. The van der Waals surface area contributed by atoms with Crippen molar-refractivity contribution in [3.8, 4) is 5.75 Å². The van der Waals surface area contributed by atoms with Crippen LogP contribution in [0.3, 0.4) is 0 Å². The molecular formula is C33H43N3O2. The summed E-state index contributed by atoms with van der Waals surface area (Å²) < 4.78 is 8.19. The van der Waals surface area contributed by atoms with Crippen LogP contribution in [0.1, 0.15) is 61.8 Å². The van der Waals surface area contributed by atoms with E-state index < -0.39 is 6.10 Å². The summed E-state index contributed by atoms with van der Waals surface area (Å²) >= 11 is 0. The standard InChI is InChI=1S/C33H43N3O2/c1-26-23-36(32-16-8-7-15-31(32)27-11-4-3-5-12-27)22-21-35(26)24-30(37)25-38-33-17-9-6-13-28(33)18-19-29-14-10-20-34(29)2/h6-10,13-20,26-27,30,37H,3-5,11-12,21-25H2,1-2H3/b19-18+. The number of nitrogens with zero attached hydrogens (tertiary/aromatic N) is 3. The first-order chi connectivity index (χ1) is 18.6. The van der Waals surface area contributed by atoms with Gasteiger partial charge in [-0.25, -0.2) is 0 Å². The number of hydrogen-bond acceptors (Lipinski definition) is 4. The number of piperazine rings is 1. The van der Waals surface area contributed by atoms with E-state index in [9.17, 15) is 5.11 Å². The number of aryl methyl sites for hydroxylation is 1. The second kappa shape index (κ2) is 12.7. The molecule has 1 aromatic heterocycles. The van der Waals surface area contributed by atoms with Gasteiger partial charge in [-0.05, 0) is 67.7 Å². The number of aliphatic hydroxyl groups excluding tert-OH is 1. The van der Waals surface area contributed by atoms with Crippen molar-refractivity contribution in [2.45, 2.75) is 57.1 Å². The van der Waals surface area contributed by atoms with Gasteiger partial charge in [0.2, 0.25) is 0 Å². The van der Waals surface area contributed by atoms with E-state index in [1.54, 1.807) is 5.56 Å². The molecule has 5 rings (SSSR count). The summed E-state index contributed by atoms with van der Waals surface area (Å²) in [5.74, 6) is 1.51. The highest BCUT2D eigenvalue weighted by atomic mass is 16.5. The van der Waals surface area contributed by atoms with Crippen LogP contribution in [0.2, 0.25) is 0 Å². The molecule has 0 spiro atoms. The molecular weight excluding hydrogens is 470 g/mol. The van der Waals surface area contributed by atoms with Crippen molar-refractivity contribution >= 4 is 17.8 Å². The third-order valence-corrected chi connectivity index (χ3v) is 8.30. The molecule has 2 aromatic carbocycles. The summed E-state index contributed by atoms with van der Waals surface area (Å²) in [7, 11) is 2.04. The molecule has 3 aromatic rings. The fraction of sp³-hybridized carbons (Fsp3) is 0.455. The maximum Gasteiger partial charge on any atom is 0.126 e. The summed E-state index contributed by atoms with van der Waals surface area (Å²) in [5.41, 5.74) is 5.12. The van der Waals surface area contributed by atoms with Crippen molar-refractivity contribution in [2.24, 2.45) is 7.05 Å². The quantitative estimate of drug-likeness (QED) is 0.370. The summed E-state index contributed by atoms with van der Waals surface area (Å²) in [4.78, 5) is 4.98. The molecule has 1 saturated heterocycles. The number of ether oxygens (including phenoxy) is 1. The van der Waals surface area contributed by atoms with Crippen LogP contribution >= 0.6 is 0 Å². The Kier molecular flexibility index (Phi) is 8.87. The minimum absolute atomic E-state index is 0.284. The van der Waals surface area contributed by atoms with Gasteiger partial charge in [0.15, 0.2) is 0 Å². The molecule has 1 saturated carbocycles. The Morgan fingerprint density at radius 1 is 0.947 bits per heavy atom. The third-order valence-electron chi connectivity index (χ3n) is 8.30. The Morgan fingerprint density at radius 2 is 1.74 bits per heavy atom. The van der Waals surface area contributed by atoms with E-state index in [1.165, 1.54) is 37.8 Å². The molecule has 2 aliphatic rings. The summed E-state index contributed by atoms with van der Waals surface area (Å²) in [6.07, 6.45) is 12.4. The molecule has 38 heavy (non-hydrogen) atoms. The van der Waals surface area contributed by atoms with Crippen molar-refractivity contribution < 1.29 is 9.84 Å². The van der Waals surface area contributed by atoms with Crippen LogP contribution in [0.4, 0.5) is 5.69 Å². The fourth-order valence-electron chi connectivity index (χ4n) is 6.10. The summed E-state index contributed by atoms with van der Waals surface area (Å²) in [6.45, 7) is 6.13. The minimum atomic E-state index is -0.538. The number of benzene rings is 2. The second-order valence-electron chi connectivity index (χ2n) is 11.1. The van der Waals surface area contributed by atoms with Crippen LogP contribution in [-0.2, 0) is 7.05 Å². The summed E-state index contributed by atoms with van der Waals surface area (Å²) in [6, 6.07) is 21.6. The number of rotatable bonds is 9. The third kappa shape index (κ3) is 6.51. The Bertz CT molecular complexity index is 1200. The first-order valence-electron chi connectivity index (χ1n) is 14.4. The average molecular weight is 514 g/mol. The highest BCUT2D eigenvalue weighted by Gasteiger charge is 2.28. The number of hydrogen-bond donors (Lipinski definition) is 1. The van der Waals surface area contributed by atoms with E-state index >= 15 is 0 Å². The van der Waals surface area contributed by atoms with Crippen LogP contribution in [0.5, 0.6) is 5.75 Å². The molecule has 202 valence electrons. The topological polar surface area (TPSA) is 40.9 Å². The number of para-hydroxylation sites is 2. The fourth-order valence-corrected chi connectivity index (χ4v) is 6.10. The average Bonchev–Trinajstić information content (AvgIpc) is 3.37. The van der Waals surface area contributed by atoms with Crippen molar-refractivity contribution in [2.75, 3.05) is 37.7 Å². The largest absolute Gasteiger partial charge is 0.490 e. The number of aliphatic hydroxyl groups is 1. The van der Waals surface area contributed by atoms with Crippen LogP contribution < -0.4 is 9.64 Å². The molecule has 5 heteroatoms. The van der Waals surface area contributed by atoms with Gasteiger partial charge in [0, 0.05) is 62.4 Å². The maximum atomic E-state index is 10.9. The van der Waals surface area contributed by atoms with Gasteiger partial charge in [0.25, 0.3) is 0 Å². The molecule has 0 radical (unpaired) electrons. The Morgan fingerprint density at radius 3 is 2.53 bits per heavy atom. The molecule has 0 amide bonds. The van der Waals surface area contributed by atoms with Crippen LogP contribution in [-0.4, -0.2) is 59.5 Å². The van der Waals surface area contributed by atoms with E-state index in [1.807, 2.05) is 43.6 Å². The lowest BCUT2D eigenvalue weighted by molar-refractivity contribution is 0.0511. The van der Waals surface area contributed by atoms with Crippen molar-refractivity contribution in [3.05, 3.63) is 83.7 Å². The lowest BCUT2D eigenvalue weighted by Crippen LogP contribution is -2.54. The van der Waals surface area contributed by atoms with E-state index in [0.717, 1.165) is 36.6 Å². The monoisotopic (exact) mass is 513 g/mol. The Hall–Kier alpha value is -3.02. The van der Waals surface area contributed by atoms with E-state index in [-0.39, 0.29) is 6.61 Å². The van der Waals surface area contributed by atoms with E-state index in [2.05, 4.69) is 63.8 Å². The molecule has 5 nitrogen and oxygen atoms in total. The molecule has 1 aliphatic heterocycles. The van der Waals surface area contributed by atoms with Crippen molar-refractivity contribution in [1.29, 1.82) is 0 Å². The zero-order chi connectivity index (χ0) is 26.3. The smallest absolute Gasteiger partial charge is 0.126 e. The Labute approximate surface area is 228 Å². The molecule has 2 unspecified atom stereocenters. The number of anilines is 1. The predicted octanol–water partition coefficient (Wildman–Crippen LogP) is 6.19. The van der Waals surface area contributed by atoms with E-state index in [0.29, 0.717) is 18.5 Å². The lowest BCUT2D eigenvalue weighted by Gasteiger charge is -2.43. The lowest BCUT2D eigenvalue weighted by atomic mass is 9.83. The Balaban J connectivity index is 1.15. The SMILES string of the molecule is CC1CN(c2ccccc2C2CCCCC2)CCN1CC(O)COc1ccccc1/C=C/c1cccn1C. The predicted molar refractivity (Wildman–Crippen MR) is 158 cm³/mol. The molecule has 2 heterocycles. The first kappa shape index (κ1) is 26.6. The molecule has 0 bridgehead atoms. The van der Waals surface area contributed by atoms with Crippen molar-refractivity contribution in [1.82, 2.24) is 9.47 Å². The highest BCUT2D eigenvalue weighted by molar-refractivity contribution is 5.71. The van der Waals surface area contributed by atoms with E-state index in [4.69, 9.17) is 4.74 Å². The van der Waals surface area contributed by atoms with Gasteiger partial charge in [-0.2, -0.15) is 0 Å². The molecule has 2 atom stereocenters. The normalized spacial score (nSPS) is 20.2. The zero-order valence-electron chi connectivity index (χ0n) is 23.0. The molecule has 1 N–H and O–H groups in total. The summed E-state index contributed by atoms with van der Waals surface area (Å²) in [5, 5.41) is 10.9. The van der Waals surface area contributed by atoms with Crippen LogP contribution in [0, 0.1) is 0 Å². The van der Waals surface area contributed by atoms with Crippen molar-refractivity contribution in [3.63, 3.8) is 0 Å². The molecule has 2 fully saturated rings. The highest BCUT2D eigenvalue weighted by Crippen LogP contribution is 2.38. The van der Waals surface area contributed by atoms with Gasteiger partial charge in [-0.1, -0.05) is 55.7 Å². The van der Waals surface area contributed by atoms with Crippen LogP contribution in [0.25, 0.3) is 12.2 Å². The van der Waals surface area contributed by atoms with Crippen LogP contribution in [0.15, 0.2) is 66.9 Å². The van der Waals surface area contributed by atoms with Gasteiger partial charge in [-0.3, -0.25) is 4.90 Å². The second-order valence-corrected chi connectivity index (χ2v) is 11.1. The number of aromatic nitrogens is 1. The zero-order valence-corrected chi connectivity index (χ0v) is 23.0. The van der Waals surface area contributed by atoms with Gasteiger partial charge in [0.05, 0.1) is 0 Å².